The molecule has 17 heavy (non-hydrogen) atoms. The fourth-order valence-electron chi connectivity index (χ4n) is 1.52. The van der Waals surface area contributed by atoms with Crippen LogP contribution < -0.4 is 5.32 Å². The van der Waals surface area contributed by atoms with E-state index in [9.17, 15) is 0 Å². The number of hydrogen-bond acceptors (Lipinski definition) is 3. The van der Waals surface area contributed by atoms with Crippen molar-refractivity contribution in [2.45, 2.75) is 39.7 Å². The zero-order valence-electron chi connectivity index (χ0n) is 11.6. The fraction of sp³-hybridized carbons (Fsp3) is 0.692. The van der Waals surface area contributed by atoms with Gasteiger partial charge in [0.05, 0.1) is 0 Å². The van der Waals surface area contributed by atoms with Crippen molar-refractivity contribution in [3.63, 3.8) is 0 Å². The average Bonchev–Trinajstić information content (AvgIpc) is 2.61. The van der Waals surface area contributed by atoms with Crippen LogP contribution in [0.3, 0.4) is 0 Å². The van der Waals surface area contributed by atoms with E-state index in [4.69, 9.17) is 0 Å². The van der Waals surface area contributed by atoms with E-state index >= 15 is 0 Å². The predicted molar refractivity (Wildman–Crippen MR) is 70.8 cm³/mol. The van der Waals surface area contributed by atoms with Crippen LogP contribution in [0.2, 0.25) is 0 Å². The first-order chi connectivity index (χ1) is 7.76. The summed E-state index contributed by atoms with van der Waals surface area (Å²) in [5, 5.41) is 7.61. The van der Waals surface area contributed by atoms with Crippen molar-refractivity contribution in [1.29, 1.82) is 0 Å². The van der Waals surface area contributed by atoms with E-state index in [0.29, 0.717) is 0 Å². The average molecular weight is 236 g/mol. The van der Waals surface area contributed by atoms with E-state index < -0.39 is 0 Å². The smallest absolute Gasteiger partial charge is 0.138 e. The summed E-state index contributed by atoms with van der Waals surface area (Å²) < 4.78 is 1.82. The van der Waals surface area contributed by atoms with Crippen LogP contribution >= 0.6 is 0 Å². The standard InChI is InChI=1S/C13H24N4/c1-7-13(5,9-15-12(2,3)4)8-11-14-10-16-17(11)6/h7,10,15H,1,8-9H2,2-6H3. The van der Waals surface area contributed by atoms with E-state index in [0.717, 1.165) is 18.8 Å². The van der Waals surface area contributed by atoms with Gasteiger partial charge in [0.2, 0.25) is 0 Å². The van der Waals surface area contributed by atoms with Crippen LogP contribution in [0.5, 0.6) is 0 Å². The number of nitrogens with zero attached hydrogens (tertiary/aromatic N) is 3. The second kappa shape index (κ2) is 5.00. The first-order valence-electron chi connectivity index (χ1n) is 5.97. The molecule has 1 aromatic rings. The molecule has 1 heterocycles. The van der Waals surface area contributed by atoms with Gasteiger partial charge >= 0.3 is 0 Å². The van der Waals surface area contributed by atoms with Gasteiger partial charge in [-0.1, -0.05) is 13.0 Å². The third kappa shape index (κ3) is 4.30. The molecule has 0 spiro atoms. The summed E-state index contributed by atoms with van der Waals surface area (Å²) in [5.74, 6) is 0.989. The summed E-state index contributed by atoms with van der Waals surface area (Å²) in [6.45, 7) is 13.5. The van der Waals surface area contributed by atoms with Crippen LogP contribution in [0.25, 0.3) is 0 Å². The van der Waals surface area contributed by atoms with Crippen molar-refractivity contribution in [3.05, 3.63) is 24.8 Å². The van der Waals surface area contributed by atoms with Crippen LogP contribution in [0.15, 0.2) is 19.0 Å². The van der Waals surface area contributed by atoms with E-state index in [1.807, 2.05) is 17.8 Å². The van der Waals surface area contributed by atoms with Gasteiger partial charge in [0.25, 0.3) is 0 Å². The first kappa shape index (κ1) is 13.9. The topological polar surface area (TPSA) is 42.7 Å². The SMILES string of the molecule is C=CC(C)(CNC(C)(C)C)Cc1ncnn1C. The van der Waals surface area contributed by atoms with Crippen molar-refractivity contribution < 1.29 is 0 Å². The summed E-state index contributed by atoms with van der Waals surface area (Å²) in [6.07, 6.45) is 4.44. The molecule has 0 bridgehead atoms. The van der Waals surface area contributed by atoms with Crippen LogP contribution in [-0.4, -0.2) is 26.8 Å². The molecule has 1 N–H and O–H groups in total. The van der Waals surface area contributed by atoms with E-state index in [-0.39, 0.29) is 11.0 Å². The summed E-state index contributed by atoms with van der Waals surface area (Å²) in [7, 11) is 1.92. The number of aromatic nitrogens is 3. The Morgan fingerprint density at radius 1 is 1.41 bits per heavy atom. The summed E-state index contributed by atoms with van der Waals surface area (Å²) >= 11 is 0. The number of hydrogen-bond donors (Lipinski definition) is 1. The molecule has 0 radical (unpaired) electrons. The molecule has 0 saturated heterocycles. The van der Waals surface area contributed by atoms with Crippen LogP contribution in [0, 0.1) is 5.41 Å². The Bertz CT molecular complexity index is 375. The molecule has 1 rings (SSSR count). The molecular weight excluding hydrogens is 212 g/mol. The molecule has 0 aliphatic rings. The minimum atomic E-state index is -0.00588. The maximum absolute atomic E-state index is 4.27. The van der Waals surface area contributed by atoms with Crippen molar-refractivity contribution in [2.75, 3.05) is 6.54 Å². The maximum atomic E-state index is 4.27. The molecule has 0 aliphatic carbocycles. The number of aryl methyl sites for hydroxylation is 1. The van der Waals surface area contributed by atoms with Gasteiger partial charge in [0.15, 0.2) is 0 Å². The monoisotopic (exact) mass is 236 g/mol. The lowest BCUT2D eigenvalue weighted by molar-refractivity contribution is 0.316. The highest BCUT2D eigenvalue weighted by Gasteiger charge is 2.25. The minimum absolute atomic E-state index is 0.00588. The van der Waals surface area contributed by atoms with Gasteiger partial charge in [-0.15, -0.1) is 6.58 Å². The molecule has 1 aromatic heterocycles. The van der Waals surface area contributed by atoms with Crippen molar-refractivity contribution in [2.24, 2.45) is 12.5 Å². The third-order valence-electron chi connectivity index (χ3n) is 2.88. The largest absolute Gasteiger partial charge is 0.311 e. The van der Waals surface area contributed by atoms with Gasteiger partial charge in [-0.05, 0) is 20.8 Å². The second-order valence-corrected chi connectivity index (χ2v) is 5.94. The summed E-state index contributed by atoms with van der Waals surface area (Å²) in [6, 6.07) is 0. The van der Waals surface area contributed by atoms with Crippen LogP contribution in [0.4, 0.5) is 0 Å². The van der Waals surface area contributed by atoms with Crippen LogP contribution in [0.1, 0.15) is 33.5 Å². The Morgan fingerprint density at radius 2 is 2.06 bits per heavy atom. The highest BCUT2D eigenvalue weighted by Crippen LogP contribution is 2.22. The Kier molecular flexibility index (Phi) is 4.09. The molecule has 0 aromatic carbocycles. The van der Waals surface area contributed by atoms with Gasteiger partial charge < -0.3 is 5.32 Å². The Labute approximate surface area is 104 Å². The highest BCUT2D eigenvalue weighted by atomic mass is 15.3. The predicted octanol–water partition coefficient (Wildman–Crippen LogP) is 1.94. The van der Waals surface area contributed by atoms with Gasteiger partial charge in [0.1, 0.15) is 12.2 Å². The van der Waals surface area contributed by atoms with Crippen LogP contribution in [-0.2, 0) is 13.5 Å². The zero-order chi connectivity index (χ0) is 13.1. The molecule has 0 amide bonds. The van der Waals surface area contributed by atoms with Gasteiger partial charge in [-0.2, -0.15) is 5.10 Å². The van der Waals surface area contributed by atoms with E-state index in [1.54, 1.807) is 6.33 Å². The van der Waals surface area contributed by atoms with Gasteiger partial charge in [0, 0.05) is 31.0 Å². The maximum Gasteiger partial charge on any atom is 0.138 e. The fourth-order valence-corrected chi connectivity index (χ4v) is 1.52. The molecule has 1 atom stereocenters. The van der Waals surface area contributed by atoms with Gasteiger partial charge in [-0.3, -0.25) is 4.68 Å². The van der Waals surface area contributed by atoms with Crippen molar-refractivity contribution in [1.82, 2.24) is 20.1 Å². The molecule has 96 valence electrons. The molecule has 4 nitrogen and oxygen atoms in total. The summed E-state index contributed by atoms with van der Waals surface area (Å²) in [5.41, 5.74) is 0.109. The molecule has 0 aliphatic heterocycles. The minimum Gasteiger partial charge on any atom is -0.311 e. The second-order valence-electron chi connectivity index (χ2n) is 5.94. The van der Waals surface area contributed by atoms with Crippen molar-refractivity contribution in [3.8, 4) is 0 Å². The Balaban J connectivity index is 2.69. The quantitative estimate of drug-likeness (QED) is 0.794. The Hall–Kier alpha value is -1.16. The molecule has 4 heteroatoms. The molecule has 0 saturated carbocycles. The lowest BCUT2D eigenvalue weighted by Crippen LogP contribution is -2.43. The third-order valence-corrected chi connectivity index (χ3v) is 2.88. The van der Waals surface area contributed by atoms with E-state index in [2.05, 4.69) is 49.7 Å². The van der Waals surface area contributed by atoms with Gasteiger partial charge in [-0.25, -0.2) is 4.98 Å². The molecular formula is C13H24N4. The molecule has 0 fully saturated rings. The summed E-state index contributed by atoms with van der Waals surface area (Å²) in [4.78, 5) is 4.27. The number of rotatable bonds is 5. The molecule has 1 unspecified atom stereocenters. The normalized spacial score (nSPS) is 15.6. The zero-order valence-corrected chi connectivity index (χ0v) is 11.6. The van der Waals surface area contributed by atoms with E-state index in [1.165, 1.54) is 0 Å². The Morgan fingerprint density at radius 3 is 2.47 bits per heavy atom. The number of nitrogens with one attached hydrogen (secondary N) is 1. The highest BCUT2D eigenvalue weighted by molar-refractivity contribution is 5.02. The van der Waals surface area contributed by atoms with Crippen molar-refractivity contribution >= 4 is 0 Å². The lowest BCUT2D eigenvalue weighted by Gasteiger charge is -2.30. The first-order valence-corrected chi connectivity index (χ1v) is 5.97. The lowest BCUT2D eigenvalue weighted by atomic mass is 9.85.